The number of allylic oxidation sites excluding steroid dienone is 2. The number of halogens is 4. The Morgan fingerprint density at radius 2 is 2.04 bits per heavy atom. The molecule has 0 aliphatic rings. The average molecular weight is 345 g/mol. The number of imidazole rings is 1. The summed E-state index contributed by atoms with van der Waals surface area (Å²) < 4.78 is 39.8. The van der Waals surface area contributed by atoms with Crippen LogP contribution in [-0.4, -0.2) is 28.5 Å². The van der Waals surface area contributed by atoms with Crippen LogP contribution in [-0.2, 0) is 0 Å². The predicted octanol–water partition coefficient (Wildman–Crippen LogP) is 4.09. The summed E-state index contributed by atoms with van der Waals surface area (Å²) in [5, 5.41) is 0.269. The summed E-state index contributed by atoms with van der Waals surface area (Å²) in [4.78, 5) is 8.18. The quantitative estimate of drug-likeness (QED) is 0.852. The van der Waals surface area contributed by atoms with Gasteiger partial charge >= 0.3 is 6.18 Å². The van der Waals surface area contributed by atoms with Gasteiger partial charge < -0.3 is 10.3 Å². The number of hydrogen-bond acceptors (Lipinski definition) is 3. The number of fused-ring (bicyclic) bond motifs is 1. The van der Waals surface area contributed by atoms with Crippen molar-refractivity contribution in [2.45, 2.75) is 26.1 Å². The van der Waals surface area contributed by atoms with Gasteiger partial charge in [0.2, 0.25) is 5.28 Å². The zero-order valence-electron chi connectivity index (χ0n) is 12.8. The van der Waals surface area contributed by atoms with Gasteiger partial charge in [0.1, 0.15) is 5.70 Å². The zero-order valence-corrected chi connectivity index (χ0v) is 13.6. The second-order valence-electron chi connectivity index (χ2n) is 5.22. The highest BCUT2D eigenvalue weighted by molar-refractivity contribution is 6.29. The maximum atomic E-state index is 12.7. The molecule has 0 aliphatic carbocycles. The number of rotatable bonds is 3. The number of nitrogens with zero attached hydrogens (tertiary/aromatic N) is 3. The average Bonchev–Trinajstić information content (AvgIpc) is 2.79. The van der Waals surface area contributed by atoms with Gasteiger partial charge in [0, 0.05) is 18.7 Å². The van der Waals surface area contributed by atoms with Crippen LogP contribution in [0.1, 0.15) is 25.5 Å². The van der Waals surface area contributed by atoms with E-state index in [0.717, 1.165) is 11.6 Å². The highest BCUT2D eigenvalue weighted by Crippen LogP contribution is 2.28. The minimum atomic E-state index is -4.61. The normalized spacial score (nSPS) is 14.1. The molecular formula is C15H16ClF3N4. The molecule has 1 aromatic heterocycles. The van der Waals surface area contributed by atoms with Gasteiger partial charge in [-0.1, -0.05) is 12.1 Å². The first-order valence-corrected chi connectivity index (χ1v) is 7.22. The van der Waals surface area contributed by atoms with E-state index in [1.807, 2.05) is 19.9 Å². The molecule has 0 saturated heterocycles. The smallest absolute Gasteiger partial charge is 0.395 e. The van der Waals surface area contributed by atoms with Gasteiger partial charge in [0.15, 0.2) is 0 Å². The Morgan fingerprint density at radius 3 is 2.57 bits per heavy atom. The van der Waals surface area contributed by atoms with Crippen molar-refractivity contribution in [2.24, 2.45) is 10.7 Å². The lowest BCUT2D eigenvalue weighted by Gasteiger charge is -2.10. The molecule has 1 aromatic carbocycles. The molecule has 0 amide bonds. The van der Waals surface area contributed by atoms with Gasteiger partial charge in [-0.3, -0.25) is 4.99 Å². The minimum absolute atomic E-state index is 0.0561. The second-order valence-corrected chi connectivity index (χ2v) is 5.56. The summed E-state index contributed by atoms with van der Waals surface area (Å²) in [5.41, 5.74) is 5.62. The third-order valence-corrected chi connectivity index (χ3v) is 3.60. The Morgan fingerprint density at radius 1 is 1.39 bits per heavy atom. The van der Waals surface area contributed by atoms with Crippen LogP contribution in [0.5, 0.6) is 0 Å². The van der Waals surface area contributed by atoms with Crippen LogP contribution in [0.15, 0.2) is 35.0 Å². The Hall–Kier alpha value is -2.02. The zero-order chi connectivity index (χ0) is 17.4. The van der Waals surface area contributed by atoms with Crippen LogP contribution in [0, 0.1) is 0 Å². The van der Waals surface area contributed by atoms with Crippen LogP contribution >= 0.6 is 11.6 Å². The second kappa shape index (κ2) is 6.23. The molecule has 0 bridgehead atoms. The molecule has 124 valence electrons. The maximum absolute atomic E-state index is 12.7. The highest BCUT2D eigenvalue weighted by Gasteiger charge is 2.32. The van der Waals surface area contributed by atoms with Crippen molar-refractivity contribution in [2.75, 3.05) is 7.05 Å². The van der Waals surface area contributed by atoms with E-state index >= 15 is 0 Å². The van der Waals surface area contributed by atoms with Gasteiger partial charge in [0.05, 0.1) is 16.7 Å². The topological polar surface area (TPSA) is 56.2 Å². The Kier molecular flexibility index (Phi) is 4.70. The van der Waals surface area contributed by atoms with Crippen molar-refractivity contribution in [3.8, 4) is 0 Å². The number of aliphatic imine (C=N–C) groups is 1. The third kappa shape index (κ3) is 3.34. The number of hydrogen-bond donors (Lipinski definition) is 1. The van der Waals surface area contributed by atoms with Crippen LogP contribution in [0.4, 0.5) is 13.2 Å². The lowest BCUT2D eigenvalue weighted by Crippen LogP contribution is -2.21. The standard InChI is InChI=1S/C15H16ClF3N4/c1-8(2)23-11-6-4-5-9(13(11)22-14(23)16)10(21-3)7-12(20)15(17,18)19/h4-8H,20H2,1-3H3. The molecule has 2 rings (SSSR count). The van der Waals surface area contributed by atoms with E-state index in [4.69, 9.17) is 17.3 Å². The summed E-state index contributed by atoms with van der Waals surface area (Å²) in [7, 11) is 1.40. The molecule has 1 heterocycles. The molecule has 23 heavy (non-hydrogen) atoms. The number of para-hydroxylation sites is 1. The SMILES string of the molecule is CN=C(C=C(N)C(F)(F)F)c1cccc2c1nc(Cl)n2C(C)C. The monoisotopic (exact) mass is 344 g/mol. The number of alkyl halides is 3. The summed E-state index contributed by atoms with van der Waals surface area (Å²) in [5.74, 6) is 0. The predicted molar refractivity (Wildman–Crippen MR) is 85.9 cm³/mol. The number of aromatic nitrogens is 2. The first-order valence-electron chi connectivity index (χ1n) is 6.84. The summed E-state index contributed by atoms with van der Waals surface area (Å²) in [6.07, 6.45) is -3.81. The third-order valence-electron chi connectivity index (χ3n) is 3.33. The van der Waals surface area contributed by atoms with Crippen molar-refractivity contribution in [3.05, 3.63) is 40.8 Å². The van der Waals surface area contributed by atoms with Gasteiger partial charge in [-0.2, -0.15) is 13.2 Å². The van der Waals surface area contributed by atoms with E-state index in [1.54, 1.807) is 16.7 Å². The molecule has 0 unspecified atom stereocenters. The van der Waals surface area contributed by atoms with Crippen LogP contribution in [0.25, 0.3) is 11.0 Å². The van der Waals surface area contributed by atoms with Gasteiger partial charge in [-0.25, -0.2) is 4.98 Å². The fourth-order valence-electron chi connectivity index (χ4n) is 2.28. The number of benzene rings is 1. The summed E-state index contributed by atoms with van der Waals surface area (Å²) in [6.45, 7) is 3.88. The minimum Gasteiger partial charge on any atom is -0.395 e. The molecule has 0 saturated carbocycles. The van der Waals surface area contributed by atoms with Crippen molar-refractivity contribution in [1.82, 2.24) is 9.55 Å². The lowest BCUT2D eigenvalue weighted by atomic mass is 10.1. The Labute approximate surface area is 136 Å². The van der Waals surface area contributed by atoms with Crippen LogP contribution < -0.4 is 5.73 Å². The summed E-state index contributed by atoms with van der Waals surface area (Å²) in [6, 6.07) is 5.22. The molecule has 0 spiro atoms. The van der Waals surface area contributed by atoms with Crippen molar-refractivity contribution in [1.29, 1.82) is 0 Å². The molecule has 4 nitrogen and oxygen atoms in total. The van der Waals surface area contributed by atoms with E-state index in [1.165, 1.54) is 7.05 Å². The molecule has 2 N–H and O–H groups in total. The number of nitrogens with two attached hydrogens (primary N) is 1. The molecule has 8 heteroatoms. The molecule has 0 aliphatic heterocycles. The van der Waals surface area contributed by atoms with Gasteiger partial charge in [-0.05, 0) is 37.6 Å². The van der Waals surface area contributed by atoms with Crippen LogP contribution in [0.3, 0.4) is 0 Å². The first-order chi connectivity index (χ1) is 10.7. The van der Waals surface area contributed by atoms with Crippen molar-refractivity contribution in [3.63, 3.8) is 0 Å². The van der Waals surface area contributed by atoms with Gasteiger partial charge in [-0.15, -0.1) is 0 Å². The molecule has 0 fully saturated rings. The van der Waals surface area contributed by atoms with E-state index in [-0.39, 0.29) is 17.0 Å². The maximum Gasteiger partial charge on any atom is 0.430 e. The fourth-order valence-corrected chi connectivity index (χ4v) is 2.65. The Balaban J connectivity index is 2.66. The van der Waals surface area contributed by atoms with E-state index in [0.29, 0.717) is 11.1 Å². The molecule has 0 radical (unpaired) electrons. The van der Waals surface area contributed by atoms with Gasteiger partial charge in [0.25, 0.3) is 0 Å². The Bertz CT molecular complexity index is 788. The van der Waals surface area contributed by atoms with E-state index in [2.05, 4.69) is 9.98 Å². The van der Waals surface area contributed by atoms with Crippen molar-refractivity contribution < 1.29 is 13.2 Å². The van der Waals surface area contributed by atoms with Crippen LogP contribution in [0.2, 0.25) is 5.28 Å². The molecule has 0 atom stereocenters. The molecule has 2 aromatic rings. The summed E-state index contributed by atoms with van der Waals surface area (Å²) >= 11 is 6.15. The fraction of sp³-hybridized carbons (Fsp3) is 0.333. The van der Waals surface area contributed by atoms with E-state index in [9.17, 15) is 13.2 Å². The van der Waals surface area contributed by atoms with Crippen molar-refractivity contribution >= 4 is 28.3 Å². The lowest BCUT2D eigenvalue weighted by molar-refractivity contribution is -0.0925. The first kappa shape index (κ1) is 17.3. The van der Waals surface area contributed by atoms with E-state index < -0.39 is 11.9 Å². The molecular weight excluding hydrogens is 329 g/mol. The largest absolute Gasteiger partial charge is 0.430 e. The highest BCUT2D eigenvalue weighted by atomic mass is 35.5.